The van der Waals surface area contributed by atoms with Gasteiger partial charge in [-0.1, -0.05) is 24.9 Å². The van der Waals surface area contributed by atoms with E-state index in [2.05, 4.69) is 0 Å². The van der Waals surface area contributed by atoms with Gasteiger partial charge in [0, 0.05) is 5.02 Å². The van der Waals surface area contributed by atoms with Gasteiger partial charge in [-0.05, 0) is 30.7 Å². The normalized spacial score (nSPS) is 11.6. The maximum Gasteiger partial charge on any atom is 0.178 e. The lowest BCUT2D eigenvalue weighted by Crippen LogP contribution is -2.06. The van der Waals surface area contributed by atoms with Gasteiger partial charge in [-0.15, -0.1) is 0 Å². The third-order valence-corrected chi connectivity index (χ3v) is 4.01. The van der Waals surface area contributed by atoms with Crippen molar-refractivity contribution in [2.75, 3.05) is 5.75 Å². The Hall–Kier alpha value is -0.540. The van der Waals surface area contributed by atoms with E-state index in [4.69, 9.17) is 11.6 Å². The third-order valence-electron chi connectivity index (χ3n) is 1.94. The Kier molecular flexibility index (Phi) is 3.96. The number of hydrogen-bond acceptors (Lipinski definition) is 2. The highest BCUT2D eigenvalue weighted by atomic mass is 35.5. The van der Waals surface area contributed by atoms with Crippen LogP contribution in [0.15, 0.2) is 29.2 Å². The van der Waals surface area contributed by atoms with Crippen LogP contribution in [0.4, 0.5) is 0 Å². The minimum absolute atomic E-state index is 0.213. The zero-order chi connectivity index (χ0) is 10.6. The van der Waals surface area contributed by atoms with Crippen LogP contribution < -0.4 is 0 Å². The SMILES string of the molecule is CCCCS(=O)(=O)c1ccc(Cl)cc1. The van der Waals surface area contributed by atoms with E-state index in [-0.39, 0.29) is 5.75 Å². The van der Waals surface area contributed by atoms with Crippen molar-refractivity contribution < 1.29 is 8.42 Å². The average molecular weight is 233 g/mol. The number of halogens is 1. The zero-order valence-electron chi connectivity index (χ0n) is 8.03. The van der Waals surface area contributed by atoms with Crippen molar-refractivity contribution in [3.63, 3.8) is 0 Å². The average Bonchev–Trinajstić information content (AvgIpc) is 2.16. The highest BCUT2D eigenvalue weighted by Crippen LogP contribution is 2.16. The van der Waals surface area contributed by atoms with E-state index < -0.39 is 9.84 Å². The molecule has 2 nitrogen and oxygen atoms in total. The molecule has 14 heavy (non-hydrogen) atoms. The highest BCUT2D eigenvalue weighted by Gasteiger charge is 2.12. The molecule has 0 fully saturated rings. The summed E-state index contributed by atoms with van der Waals surface area (Å²) >= 11 is 5.67. The van der Waals surface area contributed by atoms with Crippen molar-refractivity contribution in [1.29, 1.82) is 0 Å². The molecule has 0 aliphatic carbocycles. The lowest BCUT2D eigenvalue weighted by molar-refractivity contribution is 0.592. The van der Waals surface area contributed by atoms with Crippen LogP contribution in [0.5, 0.6) is 0 Å². The van der Waals surface area contributed by atoms with Gasteiger partial charge in [0.1, 0.15) is 0 Å². The maximum absolute atomic E-state index is 11.7. The molecule has 0 aliphatic heterocycles. The molecule has 0 bridgehead atoms. The monoisotopic (exact) mass is 232 g/mol. The summed E-state index contributed by atoms with van der Waals surface area (Å²) < 4.78 is 23.3. The quantitative estimate of drug-likeness (QED) is 0.800. The fourth-order valence-corrected chi connectivity index (χ4v) is 2.68. The van der Waals surface area contributed by atoms with E-state index in [0.717, 1.165) is 6.42 Å². The smallest absolute Gasteiger partial charge is 0.178 e. The van der Waals surface area contributed by atoms with Crippen molar-refractivity contribution in [3.8, 4) is 0 Å². The van der Waals surface area contributed by atoms with Gasteiger partial charge in [0.2, 0.25) is 0 Å². The molecule has 0 radical (unpaired) electrons. The zero-order valence-corrected chi connectivity index (χ0v) is 9.61. The van der Waals surface area contributed by atoms with E-state index in [9.17, 15) is 8.42 Å². The molecule has 1 rings (SSSR count). The standard InChI is InChI=1S/C10H13ClO2S/c1-2-3-8-14(12,13)10-6-4-9(11)5-7-10/h4-7H,2-3,8H2,1H3. The number of rotatable bonds is 4. The summed E-state index contributed by atoms with van der Waals surface area (Å²) in [6.07, 6.45) is 1.58. The first-order valence-electron chi connectivity index (χ1n) is 4.54. The lowest BCUT2D eigenvalue weighted by Gasteiger charge is -2.02. The molecule has 0 atom stereocenters. The van der Waals surface area contributed by atoms with Crippen LogP contribution in [0, 0.1) is 0 Å². The molecule has 1 aromatic carbocycles. The summed E-state index contributed by atoms with van der Waals surface area (Å²) in [6, 6.07) is 6.29. The minimum atomic E-state index is -3.10. The van der Waals surface area contributed by atoms with Gasteiger partial charge in [0.15, 0.2) is 9.84 Å². The predicted molar refractivity (Wildman–Crippen MR) is 58.4 cm³/mol. The Bertz CT molecular complexity index is 381. The van der Waals surface area contributed by atoms with Gasteiger partial charge in [-0.25, -0.2) is 8.42 Å². The molecule has 1 aromatic rings. The van der Waals surface area contributed by atoms with E-state index >= 15 is 0 Å². The van der Waals surface area contributed by atoms with E-state index in [0.29, 0.717) is 16.3 Å². The van der Waals surface area contributed by atoms with Gasteiger partial charge in [-0.2, -0.15) is 0 Å². The van der Waals surface area contributed by atoms with E-state index in [1.165, 1.54) is 0 Å². The Balaban J connectivity index is 2.87. The molecule has 0 amide bonds. The molecule has 78 valence electrons. The molecule has 0 aromatic heterocycles. The summed E-state index contributed by atoms with van der Waals surface area (Å²) in [4.78, 5) is 0.357. The van der Waals surface area contributed by atoms with Crippen LogP contribution in [0.1, 0.15) is 19.8 Å². The first kappa shape index (κ1) is 11.5. The number of hydrogen-bond donors (Lipinski definition) is 0. The van der Waals surface area contributed by atoms with Crippen LogP contribution >= 0.6 is 11.6 Å². The summed E-state index contributed by atoms with van der Waals surface area (Å²) in [6.45, 7) is 1.97. The maximum atomic E-state index is 11.7. The van der Waals surface area contributed by atoms with Crippen molar-refractivity contribution in [2.24, 2.45) is 0 Å². The Morgan fingerprint density at radius 2 is 1.79 bits per heavy atom. The fraction of sp³-hybridized carbons (Fsp3) is 0.400. The molecular weight excluding hydrogens is 220 g/mol. The molecule has 0 saturated heterocycles. The van der Waals surface area contributed by atoms with Crippen molar-refractivity contribution in [1.82, 2.24) is 0 Å². The molecule has 0 saturated carbocycles. The first-order valence-corrected chi connectivity index (χ1v) is 6.57. The summed E-state index contributed by atoms with van der Waals surface area (Å²) in [7, 11) is -3.10. The molecule has 0 spiro atoms. The van der Waals surface area contributed by atoms with Crippen molar-refractivity contribution >= 4 is 21.4 Å². The minimum Gasteiger partial charge on any atom is -0.224 e. The van der Waals surface area contributed by atoms with Gasteiger partial charge in [-0.3, -0.25) is 0 Å². The Morgan fingerprint density at radius 1 is 1.21 bits per heavy atom. The molecule has 0 N–H and O–H groups in total. The number of unbranched alkanes of at least 4 members (excludes halogenated alkanes) is 1. The van der Waals surface area contributed by atoms with Gasteiger partial charge in [0.05, 0.1) is 10.6 Å². The predicted octanol–water partition coefficient (Wildman–Crippen LogP) is 2.91. The fourth-order valence-electron chi connectivity index (χ4n) is 1.09. The van der Waals surface area contributed by atoms with Crippen LogP contribution in [0.3, 0.4) is 0 Å². The van der Waals surface area contributed by atoms with E-state index in [1.807, 2.05) is 6.92 Å². The Morgan fingerprint density at radius 3 is 2.29 bits per heavy atom. The second-order valence-corrected chi connectivity index (χ2v) is 5.67. The van der Waals surface area contributed by atoms with Crippen molar-refractivity contribution in [2.45, 2.75) is 24.7 Å². The van der Waals surface area contributed by atoms with Crippen LogP contribution in [-0.2, 0) is 9.84 Å². The Labute approximate surface area is 89.8 Å². The summed E-state index contributed by atoms with van der Waals surface area (Å²) in [5.74, 6) is 0.213. The van der Waals surface area contributed by atoms with Gasteiger partial charge < -0.3 is 0 Å². The topological polar surface area (TPSA) is 34.1 Å². The van der Waals surface area contributed by atoms with E-state index in [1.54, 1.807) is 24.3 Å². The molecule has 0 unspecified atom stereocenters. The van der Waals surface area contributed by atoms with Crippen LogP contribution in [0.2, 0.25) is 5.02 Å². The summed E-state index contributed by atoms with van der Waals surface area (Å²) in [5, 5.41) is 0.555. The second-order valence-electron chi connectivity index (χ2n) is 3.13. The largest absolute Gasteiger partial charge is 0.224 e. The molecule has 0 heterocycles. The van der Waals surface area contributed by atoms with Crippen LogP contribution in [-0.4, -0.2) is 14.2 Å². The number of sulfone groups is 1. The number of benzene rings is 1. The molecular formula is C10H13ClO2S. The van der Waals surface area contributed by atoms with Crippen molar-refractivity contribution in [3.05, 3.63) is 29.3 Å². The molecule has 0 aliphatic rings. The van der Waals surface area contributed by atoms with Gasteiger partial charge in [0.25, 0.3) is 0 Å². The molecule has 4 heteroatoms. The summed E-state index contributed by atoms with van der Waals surface area (Å²) in [5.41, 5.74) is 0. The first-order chi connectivity index (χ1) is 6.56. The third kappa shape index (κ3) is 3.00. The van der Waals surface area contributed by atoms with Gasteiger partial charge >= 0.3 is 0 Å². The van der Waals surface area contributed by atoms with Crippen LogP contribution in [0.25, 0.3) is 0 Å². The lowest BCUT2D eigenvalue weighted by atomic mass is 10.4. The second kappa shape index (κ2) is 4.80. The highest BCUT2D eigenvalue weighted by molar-refractivity contribution is 7.91.